The van der Waals surface area contributed by atoms with E-state index in [2.05, 4.69) is 18.7 Å². The topological polar surface area (TPSA) is 72.4 Å². The molecule has 0 bridgehead atoms. The van der Waals surface area contributed by atoms with E-state index in [0.29, 0.717) is 6.42 Å². The zero-order valence-corrected chi connectivity index (χ0v) is 12.6. The highest BCUT2D eigenvalue weighted by Gasteiger charge is 2.26. The molecule has 20 heavy (non-hydrogen) atoms. The molecule has 0 aliphatic heterocycles. The van der Waals surface area contributed by atoms with Crippen LogP contribution >= 0.6 is 0 Å². The summed E-state index contributed by atoms with van der Waals surface area (Å²) in [6.07, 6.45) is 2.81. The van der Waals surface area contributed by atoms with Crippen molar-refractivity contribution in [3.05, 3.63) is 39.9 Å². The summed E-state index contributed by atoms with van der Waals surface area (Å²) < 4.78 is 0. The van der Waals surface area contributed by atoms with Crippen LogP contribution < -0.4 is 5.73 Å². The predicted molar refractivity (Wildman–Crippen MR) is 81.5 cm³/mol. The van der Waals surface area contributed by atoms with Crippen LogP contribution in [-0.2, 0) is 6.42 Å². The van der Waals surface area contributed by atoms with E-state index < -0.39 is 5.66 Å². The second-order valence-electron chi connectivity index (χ2n) is 5.44. The van der Waals surface area contributed by atoms with Gasteiger partial charge < -0.3 is 5.73 Å². The van der Waals surface area contributed by atoms with Gasteiger partial charge in [-0.1, -0.05) is 26.0 Å². The Labute approximate surface area is 120 Å². The van der Waals surface area contributed by atoms with Gasteiger partial charge in [-0.2, -0.15) is 0 Å². The van der Waals surface area contributed by atoms with Crippen LogP contribution in [0.4, 0.5) is 5.69 Å². The fourth-order valence-electron chi connectivity index (χ4n) is 2.42. The molecule has 1 unspecified atom stereocenters. The first-order chi connectivity index (χ1) is 9.40. The molecule has 0 spiro atoms. The number of nitro benzene ring substituents is 1. The SMILES string of the molecule is CCCN(CCC)C(C)(N)Cc1ccc([N+](=O)[O-])cc1. The first kappa shape index (κ1) is 16.6. The maximum Gasteiger partial charge on any atom is 0.269 e. The van der Waals surface area contributed by atoms with E-state index in [4.69, 9.17) is 5.73 Å². The maximum atomic E-state index is 10.6. The molecule has 0 aromatic heterocycles. The van der Waals surface area contributed by atoms with Gasteiger partial charge >= 0.3 is 0 Å². The van der Waals surface area contributed by atoms with Crippen molar-refractivity contribution in [2.45, 2.75) is 45.7 Å². The third kappa shape index (κ3) is 4.58. The van der Waals surface area contributed by atoms with Crippen molar-refractivity contribution >= 4 is 5.69 Å². The van der Waals surface area contributed by atoms with Crippen LogP contribution in [0.5, 0.6) is 0 Å². The second-order valence-corrected chi connectivity index (χ2v) is 5.44. The van der Waals surface area contributed by atoms with E-state index >= 15 is 0 Å². The average molecular weight is 279 g/mol. The van der Waals surface area contributed by atoms with Crippen LogP contribution in [0.2, 0.25) is 0 Å². The molecule has 0 amide bonds. The summed E-state index contributed by atoms with van der Waals surface area (Å²) in [7, 11) is 0. The van der Waals surface area contributed by atoms with Crippen LogP contribution in [-0.4, -0.2) is 28.6 Å². The third-order valence-electron chi connectivity index (χ3n) is 3.42. The highest BCUT2D eigenvalue weighted by Crippen LogP contribution is 2.19. The molecule has 0 saturated carbocycles. The molecule has 0 fully saturated rings. The van der Waals surface area contributed by atoms with Gasteiger partial charge in [-0.25, -0.2) is 0 Å². The van der Waals surface area contributed by atoms with Crippen LogP contribution in [0, 0.1) is 10.1 Å². The Kier molecular flexibility index (Phi) is 6.10. The van der Waals surface area contributed by atoms with Gasteiger partial charge in [0.2, 0.25) is 0 Å². The van der Waals surface area contributed by atoms with E-state index in [-0.39, 0.29) is 10.6 Å². The fraction of sp³-hybridized carbons (Fsp3) is 0.600. The summed E-state index contributed by atoms with van der Waals surface area (Å²) in [6, 6.07) is 6.66. The number of nitrogens with zero attached hydrogens (tertiary/aromatic N) is 2. The molecular formula is C15H25N3O2. The zero-order chi connectivity index (χ0) is 15.2. The lowest BCUT2D eigenvalue weighted by Crippen LogP contribution is -2.55. The number of nitrogens with two attached hydrogens (primary N) is 1. The molecule has 112 valence electrons. The number of hydrogen-bond donors (Lipinski definition) is 1. The predicted octanol–water partition coefficient (Wildman–Crippen LogP) is 2.93. The van der Waals surface area contributed by atoms with E-state index in [1.165, 1.54) is 12.1 Å². The van der Waals surface area contributed by atoms with Crippen LogP contribution in [0.1, 0.15) is 39.2 Å². The first-order valence-electron chi connectivity index (χ1n) is 7.18. The Balaban J connectivity index is 2.79. The molecule has 5 nitrogen and oxygen atoms in total. The van der Waals surface area contributed by atoms with Gasteiger partial charge in [0.25, 0.3) is 5.69 Å². The van der Waals surface area contributed by atoms with Crippen molar-refractivity contribution in [3.8, 4) is 0 Å². The van der Waals surface area contributed by atoms with E-state index in [0.717, 1.165) is 31.5 Å². The second kappa shape index (κ2) is 7.36. The minimum Gasteiger partial charge on any atom is -0.313 e. The zero-order valence-electron chi connectivity index (χ0n) is 12.6. The molecule has 0 aliphatic rings. The Morgan fingerprint density at radius 2 is 1.70 bits per heavy atom. The van der Waals surface area contributed by atoms with Crippen LogP contribution in [0.3, 0.4) is 0 Å². The van der Waals surface area contributed by atoms with Crippen molar-refractivity contribution in [2.24, 2.45) is 5.73 Å². The molecule has 5 heteroatoms. The van der Waals surface area contributed by atoms with Gasteiger partial charge in [0.1, 0.15) is 0 Å². The quantitative estimate of drug-likeness (QED) is 0.451. The molecule has 0 heterocycles. The Morgan fingerprint density at radius 1 is 1.20 bits per heavy atom. The lowest BCUT2D eigenvalue weighted by molar-refractivity contribution is -0.384. The normalized spacial score (nSPS) is 14.2. The molecule has 2 N–H and O–H groups in total. The number of non-ortho nitro benzene ring substituents is 1. The first-order valence-corrected chi connectivity index (χ1v) is 7.18. The van der Waals surface area contributed by atoms with Gasteiger partial charge in [-0.15, -0.1) is 0 Å². The average Bonchev–Trinajstić information content (AvgIpc) is 2.38. The van der Waals surface area contributed by atoms with E-state index in [1.54, 1.807) is 12.1 Å². The number of benzene rings is 1. The van der Waals surface area contributed by atoms with Gasteiger partial charge in [0.15, 0.2) is 0 Å². The highest BCUT2D eigenvalue weighted by atomic mass is 16.6. The minimum atomic E-state index is -0.428. The summed E-state index contributed by atoms with van der Waals surface area (Å²) >= 11 is 0. The smallest absolute Gasteiger partial charge is 0.269 e. The van der Waals surface area contributed by atoms with Gasteiger partial charge in [-0.3, -0.25) is 15.0 Å². The Morgan fingerprint density at radius 3 is 2.10 bits per heavy atom. The minimum absolute atomic E-state index is 0.117. The summed E-state index contributed by atoms with van der Waals surface area (Å²) in [5, 5.41) is 10.6. The summed E-state index contributed by atoms with van der Waals surface area (Å²) in [6.45, 7) is 8.25. The lowest BCUT2D eigenvalue weighted by atomic mass is 9.99. The van der Waals surface area contributed by atoms with Gasteiger partial charge in [0, 0.05) is 18.6 Å². The summed E-state index contributed by atoms with van der Waals surface area (Å²) in [4.78, 5) is 12.6. The number of nitro groups is 1. The molecule has 0 saturated heterocycles. The van der Waals surface area contributed by atoms with E-state index in [9.17, 15) is 10.1 Å². The standard InChI is InChI=1S/C15H25N3O2/c1-4-10-17(11-5-2)15(3,16)12-13-6-8-14(9-7-13)18(19)20/h6-9H,4-5,10-12,16H2,1-3H3. The van der Waals surface area contributed by atoms with Crippen molar-refractivity contribution in [2.75, 3.05) is 13.1 Å². The Hall–Kier alpha value is -1.46. The molecule has 1 rings (SSSR count). The molecular weight excluding hydrogens is 254 g/mol. The molecule has 1 aromatic rings. The summed E-state index contributed by atoms with van der Waals surface area (Å²) in [5.41, 5.74) is 7.17. The van der Waals surface area contributed by atoms with Crippen LogP contribution in [0.15, 0.2) is 24.3 Å². The number of hydrogen-bond acceptors (Lipinski definition) is 4. The van der Waals surface area contributed by atoms with Crippen molar-refractivity contribution in [1.82, 2.24) is 4.90 Å². The van der Waals surface area contributed by atoms with Gasteiger partial charge in [-0.05, 0) is 38.4 Å². The maximum absolute atomic E-state index is 10.6. The number of rotatable bonds is 8. The Bertz CT molecular complexity index is 423. The lowest BCUT2D eigenvalue weighted by Gasteiger charge is -2.38. The third-order valence-corrected chi connectivity index (χ3v) is 3.42. The fourth-order valence-corrected chi connectivity index (χ4v) is 2.42. The van der Waals surface area contributed by atoms with E-state index in [1.807, 2.05) is 6.92 Å². The molecule has 1 aromatic carbocycles. The summed E-state index contributed by atoms with van der Waals surface area (Å²) in [5.74, 6) is 0. The van der Waals surface area contributed by atoms with Gasteiger partial charge in [0.05, 0.1) is 10.6 Å². The van der Waals surface area contributed by atoms with Crippen molar-refractivity contribution in [1.29, 1.82) is 0 Å². The van der Waals surface area contributed by atoms with Crippen LogP contribution in [0.25, 0.3) is 0 Å². The molecule has 0 aliphatic carbocycles. The van der Waals surface area contributed by atoms with Crippen molar-refractivity contribution in [3.63, 3.8) is 0 Å². The highest BCUT2D eigenvalue weighted by molar-refractivity contribution is 5.33. The van der Waals surface area contributed by atoms with Crippen molar-refractivity contribution < 1.29 is 4.92 Å². The monoisotopic (exact) mass is 279 g/mol. The largest absolute Gasteiger partial charge is 0.313 e. The molecule has 0 radical (unpaired) electrons. The molecule has 1 atom stereocenters.